The topological polar surface area (TPSA) is 57.7 Å². The van der Waals surface area contributed by atoms with Crippen molar-refractivity contribution in [1.29, 1.82) is 0 Å². The number of nitrogens with one attached hydrogen (secondary N) is 1. The number of piperazine rings is 1. The first kappa shape index (κ1) is 17.6. The highest BCUT2D eigenvalue weighted by molar-refractivity contribution is 5.81. The van der Waals surface area contributed by atoms with Crippen LogP contribution in [0.3, 0.4) is 0 Å². The zero-order chi connectivity index (χ0) is 16.7. The molecule has 0 saturated carbocycles. The smallest absolute Gasteiger partial charge is 0.237 e. The van der Waals surface area contributed by atoms with E-state index in [4.69, 9.17) is 4.74 Å². The second kappa shape index (κ2) is 8.79. The Hall–Kier alpha value is -1.73. The zero-order valence-corrected chi connectivity index (χ0v) is 13.8. The van der Waals surface area contributed by atoms with Gasteiger partial charge in [-0.25, -0.2) is 4.98 Å². The maximum Gasteiger partial charge on any atom is 0.237 e. The number of ether oxygens (including phenoxy) is 1. The zero-order valence-electron chi connectivity index (χ0n) is 13.8. The van der Waals surface area contributed by atoms with Gasteiger partial charge in [-0.2, -0.15) is 4.39 Å². The number of hydrogen-bond acceptors (Lipinski definition) is 5. The van der Waals surface area contributed by atoms with Crippen molar-refractivity contribution in [2.24, 2.45) is 0 Å². The van der Waals surface area contributed by atoms with Crippen molar-refractivity contribution >= 4 is 11.7 Å². The van der Waals surface area contributed by atoms with Gasteiger partial charge in [0.1, 0.15) is 5.82 Å². The summed E-state index contributed by atoms with van der Waals surface area (Å²) in [5, 5.41) is 2.93. The molecule has 1 fully saturated rings. The van der Waals surface area contributed by atoms with Crippen LogP contribution in [0.4, 0.5) is 10.2 Å². The van der Waals surface area contributed by atoms with E-state index in [9.17, 15) is 9.18 Å². The van der Waals surface area contributed by atoms with E-state index in [1.165, 1.54) is 6.07 Å². The molecular formula is C16H25FN4O2. The molecule has 0 aromatic carbocycles. The molecule has 6 nitrogen and oxygen atoms in total. The van der Waals surface area contributed by atoms with Crippen molar-refractivity contribution in [3.8, 4) is 0 Å². The van der Waals surface area contributed by atoms with E-state index < -0.39 is 5.95 Å². The monoisotopic (exact) mass is 324 g/mol. The van der Waals surface area contributed by atoms with Gasteiger partial charge in [0.2, 0.25) is 11.9 Å². The first-order valence-corrected chi connectivity index (χ1v) is 8.00. The van der Waals surface area contributed by atoms with Crippen LogP contribution in [0.5, 0.6) is 0 Å². The predicted octanol–water partition coefficient (Wildman–Crippen LogP) is 0.884. The number of methoxy groups -OCH3 is 1. The van der Waals surface area contributed by atoms with Crippen LogP contribution in [0.15, 0.2) is 18.2 Å². The highest BCUT2D eigenvalue weighted by Gasteiger charge is 2.25. The van der Waals surface area contributed by atoms with Crippen molar-refractivity contribution in [3.63, 3.8) is 0 Å². The number of rotatable bonds is 7. The molecule has 1 aliphatic heterocycles. The van der Waals surface area contributed by atoms with Crippen LogP contribution in [0, 0.1) is 5.95 Å². The average molecular weight is 324 g/mol. The molecule has 1 aromatic heterocycles. The summed E-state index contributed by atoms with van der Waals surface area (Å²) in [6.45, 7) is 6.17. The summed E-state index contributed by atoms with van der Waals surface area (Å²) in [4.78, 5) is 20.2. The third-order valence-electron chi connectivity index (χ3n) is 4.09. The lowest BCUT2D eigenvalue weighted by atomic mass is 10.2. The van der Waals surface area contributed by atoms with Gasteiger partial charge in [-0.05, 0) is 25.5 Å². The van der Waals surface area contributed by atoms with Crippen LogP contribution in [0.2, 0.25) is 0 Å². The minimum absolute atomic E-state index is 0.0402. The maximum atomic E-state index is 13.2. The Morgan fingerprint density at radius 2 is 2.13 bits per heavy atom. The Balaban J connectivity index is 1.78. The minimum atomic E-state index is -0.464. The molecule has 1 N–H and O–H groups in total. The van der Waals surface area contributed by atoms with Gasteiger partial charge in [-0.15, -0.1) is 0 Å². The number of nitrogens with zero attached hydrogens (tertiary/aromatic N) is 3. The molecule has 0 bridgehead atoms. The molecular weight excluding hydrogens is 299 g/mol. The highest BCUT2D eigenvalue weighted by atomic mass is 19.1. The number of aromatic nitrogens is 1. The standard InChI is InChI=1S/C16H25FN4O2/c1-13(16(22)18-7-4-12-23-2)20-8-10-21(11-9-20)15-6-3-5-14(17)19-15/h3,5-6,13H,4,7-12H2,1-2H3,(H,18,22). The van der Waals surface area contributed by atoms with E-state index in [2.05, 4.69) is 15.2 Å². The van der Waals surface area contributed by atoms with Gasteiger partial charge in [-0.3, -0.25) is 9.69 Å². The van der Waals surface area contributed by atoms with E-state index in [0.717, 1.165) is 32.6 Å². The van der Waals surface area contributed by atoms with E-state index in [1.54, 1.807) is 13.2 Å². The largest absolute Gasteiger partial charge is 0.385 e. The molecule has 128 valence electrons. The fourth-order valence-electron chi connectivity index (χ4n) is 2.65. The van der Waals surface area contributed by atoms with Crippen LogP contribution < -0.4 is 10.2 Å². The van der Waals surface area contributed by atoms with Crippen molar-refractivity contribution in [3.05, 3.63) is 24.1 Å². The molecule has 0 aliphatic carbocycles. The number of hydrogen-bond donors (Lipinski definition) is 1. The molecule has 1 amide bonds. The molecule has 2 heterocycles. The number of anilines is 1. The lowest BCUT2D eigenvalue weighted by molar-refractivity contribution is -0.126. The van der Waals surface area contributed by atoms with Gasteiger partial charge >= 0.3 is 0 Å². The molecule has 7 heteroatoms. The van der Waals surface area contributed by atoms with E-state index in [1.807, 2.05) is 17.9 Å². The molecule has 0 spiro atoms. The Morgan fingerprint density at radius 3 is 2.78 bits per heavy atom. The van der Waals surface area contributed by atoms with Gasteiger partial charge in [0, 0.05) is 46.4 Å². The van der Waals surface area contributed by atoms with Crippen LogP contribution >= 0.6 is 0 Å². The fraction of sp³-hybridized carbons (Fsp3) is 0.625. The SMILES string of the molecule is COCCCNC(=O)C(C)N1CCN(c2cccc(F)n2)CC1. The van der Waals surface area contributed by atoms with Crippen molar-refractivity contribution in [2.75, 3.05) is 51.3 Å². The Kier molecular flexibility index (Phi) is 6.73. The lowest BCUT2D eigenvalue weighted by Gasteiger charge is -2.37. The Bertz CT molecular complexity index is 507. The number of halogens is 1. The normalized spacial score (nSPS) is 17.1. The molecule has 0 radical (unpaired) electrons. The van der Waals surface area contributed by atoms with Crippen molar-refractivity contribution in [1.82, 2.24) is 15.2 Å². The molecule has 23 heavy (non-hydrogen) atoms. The third kappa shape index (κ3) is 5.14. The second-order valence-electron chi connectivity index (χ2n) is 5.65. The summed E-state index contributed by atoms with van der Waals surface area (Å²) in [6.07, 6.45) is 0.813. The molecule has 1 aliphatic rings. The van der Waals surface area contributed by atoms with Gasteiger partial charge < -0.3 is 15.0 Å². The summed E-state index contributed by atoms with van der Waals surface area (Å²) in [7, 11) is 1.65. The van der Waals surface area contributed by atoms with E-state index >= 15 is 0 Å². The van der Waals surface area contributed by atoms with Gasteiger partial charge in [-0.1, -0.05) is 6.07 Å². The van der Waals surface area contributed by atoms with Crippen LogP contribution in [-0.2, 0) is 9.53 Å². The summed E-state index contributed by atoms with van der Waals surface area (Å²) >= 11 is 0. The van der Waals surface area contributed by atoms with Gasteiger partial charge in [0.05, 0.1) is 6.04 Å². The Labute approximate surface area is 136 Å². The van der Waals surface area contributed by atoms with E-state index in [0.29, 0.717) is 19.0 Å². The van der Waals surface area contributed by atoms with Gasteiger partial charge in [0.15, 0.2) is 0 Å². The summed E-state index contributed by atoms with van der Waals surface area (Å²) in [5.41, 5.74) is 0. The van der Waals surface area contributed by atoms with Crippen molar-refractivity contribution < 1.29 is 13.9 Å². The average Bonchev–Trinajstić information content (AvgIpc) is 2.58. The van der Waals surface area contributed by atoms with Crippen LogP contribution in [0.1, 0.15) is 13.3 Å². The first-order chi connectivity index (χ1) is 11.1. The van der Waals surface area contributed by atoms with Crippen LogP contribution in [0.25, 0.3) is 0 Å². The molecule has 2 rings (SSSR count). The Morgan fingerprint density at radius 1 is 1.39 bits per heavy atom. The lowest BCUT2D eigenvalue weighted by Crippen LogP contribution is -2.54. The van der Waals surface area contributed by atoms with Crippen molar-refractivity contribution in [2.45, 2.75) is 19.4 Å². The molecule has 1 aromatic rings. The molecule has 1 saturated heterocycles. The molecule has 1 atom stereocenters. The molecule has 1 unspecified atom stereocenters. The minimum Gasteiger partial charge on any atom is -0.385 e. The highest BCUT2D eigenvalue weighted by Crippen LogP contribution is 2.15. The number of carbonyl (C=O) groups is 1. The van der Waals surface area contributed by atoms with Crippen LogP contribution in [-0.4, -0.2) is 68.3 Å². The third-order valence-corrected chi connectivity index (χ3v) is 4.09. The summed E-state index contributed by atoms with van der Waals surface area (Å²) in [6, 6.07) is 4.65. The quantitative estimate of drug-likeness (QED) is 0.596. The second-order valence-corrected chi connectivity index (χ2v) is 5.65. The fourth-order valence-corrected chi connectivity index (χ4v) is 2.65. The summed E-state index contributed by atoms with van der Waals surface area (Å²) < 4.78 is 18.2. The van der Waals surface area contributed by atoms with E-state index in [-0.39, 0.29) is 11.9 Å². The maximum absolute atomic E-state index is 13.2. The first-order valence-electron chi connectivity index (χ1n) is 8.00. The predicted molar refractivity (Wildman–Crippen MR) is 86.9 cm³/mol. The van der Waals surface area contributed by atoms with Gasteiger partial charge in [0.25, 0.3) is 0 Å². The summed E-state index contributed by atoms with van der Waals surface area (Å²) in [5.74, 6) is 0.230. The number of carbonyl (C=O) groups excluding carboxylic acids is 1. The number of pyridine rings is 1. The number of amides is 1.